The van der Waals surface area contributed by atoms with Gasteiger partial charge in [0, 0.05) is 22.1 Å². The molecule has 6 heterocycles. The highest BCUT2D eigenvalue weighted by Crippen LogP contribution is 2.55. The number of aromatic carboxylic acids is 2. The van der Waals surface area contributed by atoms with E-state index in [4.69, 9.17) is 14.2 Å². The number of aromatic nitrogens is 3. The highest BCUT2D eigenvalue weighted by molar-refractivity contribution is 7.25. The van der Waals surface area contributed by atoms with E-state index in [0.29, 0.717) is 24.6 Å². The van der Waals surface area contributed by atoms with Crippen LogP contribution in [0, 0.1) is 0 Å². The molecule has 0 saturated heterocycles. The van der Waals surface area contributed by atoms with E-state index in [0.717, 1.165) is 47.9 Å². The number of benzene rings is 1. The molecular formula is C34H23N3O7S2. The number of hydrogen-bond donors (Lipinski definition) is 2. The van der Waals surface area contributed by atoms with Crippen molar-refractivity contribution in [3.8, 4) is 70.7 Å². The van der Waals surface area contributed by atoms with Gasteiger partial charge in [0.1, 0.15) is 19.0 Å². The Kier molecular flexibility index (Phi) is 7.64. The predicted molar refractivity (Wildman–Crippen MR) is 174 cm³/mol. The smallest absolute Gasteiger partial charge is 0.335 e. The van der Waals surface area contributed by atoms with E-state index < -0.39 is 11.9 Å². The van der Waals surface area contributed by atoms with Crippen LogP contribution < -0.4 is 14.2 Å². The molecule has 2 N–H and O–H groups in total. The number of ether oxygens (including phenoxy) is 3. The van der Waals surface area contributed by atoms with Crippen LogP contribution in [0.5, 0.6) is 17.2 Å². The van der Waals surface area contributed by atoms with Crippen LogP contribution in [-0.2, 0) is 0 Å². The monoisotopic (exact) mass is 649 g/mol. The Labute approximate surface area is 270 Å². The summed E-state index contributed by atoms with van der Waals surface area (Å²) >= 11 is 3.20. The molecule has 0 aliphatic carbocycles. The summed E-state index contributed by atoms with van der Waals surface area (Å²) in [5.41, 5.74) is 3.11. The molecule has 0 unspecified atom stereocenters. The summed E-state index contributed by atoms with van der Waals surface area (Å²) in [7, 11) is 1.64. The zero-order valence-electron chi connectivity index (χ0n) is 24.1. The van der Waals surface area contributed by atoms with Crippen molar-refractivity contribution < 1.29 is 34.0 Å². The van der Waals surface area contributed by atoms with Crippen LogP contribution in [0.1, 0.15) is 20.7 Å². The van der Waals surface area contributed by atoms with Crippen molar-refractivity contribution in [1.82, 2.24) is 15.0 Å². The SMILES string of the molecule is COc1ccc(-c2sc(-c3ccc(-c4ccnc(-c5cc(C(=O)O)cc(-c6cc(C(=O)O)ccn6)n5)c4)s3)c3c2OCCO3)cc1. The first-order chi connectivity index (χ1) is 22.4. The van der Waals surface area contributed by atoms with Crippen molar-refractivity contribution in [2.24, 2.45) is 0 Å². The number of methoxy groups -OCH3 is 1. The van der Waals surface area contributed by atoms with Crippen LogP contribution in [0.15, 0.2) is 85.2 Å². The van der Waals surface area contributed by atoms with Gasteiger partial charge in [0.2, 0.25) is 0 Å². The summed E-state index contributed by atoms with van der Waals surface area (Å²) in [5.74, 6) is -0.0361. The molecule has 7 rings (SSSR count). The summed E-state index contributed by atoms with van der Waals surface area (Å²) in [6, 6.07) is 21.2. The van der Waals surface area contributed by atoms with E-state index in [2.05, 4.69) is 15.0 Å². The van der Waals surface area contributed by atoms with Crippen molar-refractivity contribution in [3.63, 3.8) is 0 Å². The predicted octanol–water partition coefficient (Wildman–Crippen LogP) is 7.51. The van der Waals surface area contributed by atoms with Crippen LogP contribution in [0.4, 0.5) is 0 Å². The Morgan fingerprint density at radius 2 is 1.28 bits per heavy atom. The third-order valence-corrected chi connectivity index (χ3v) is 9.75. The van der Waals surface area contributed by atoms with Crippen LogP contribution in [0.3, 0.4) is 0 Å². The zero-order chi connectivity index (χ0) is 31.8. The van der Waals surface area contributed by atoms with Gasteiger partial charge in [-0.1, -0.05) is 0 Å². The first kappa shape index (κ1) is 29.1. The van der Waals surface area contributed by atoms with E-state index in [9.17, 15) is 19.8 Å². The molecule has 0 fully saturated rings. The van der Waals surface area contributed by atoms with Gasteiger partial charge in [-0.05, 0) is 83.9 Å². The van der Waals surface area contributed by atoms with Crippen LogP contribution in [0.2, 0.25) is 0 Å². The fourth-order valence-corrected chi connectivity index (χ4v) is 7.31. The Hall–Kier alpha value is -5.59. The molecular weight excluding hydrogens is 627 g/mol. The molecule has 1 aliphatic rings. The molecule has 0 atom stereocenters. The summed E-state index contributed by atoms with van der Waals surface area (Å²) in [4.78, 5) is 40.8. The molecule has 0 spiro atoms. The number of rotatable bonds is 8. The molecule has 6 aromatic rings. The lowest BCUT2D eigenvalue weighted by molar-refractivity contribution is 0.0686. The molecule has 228 valence electrons. The Morgan fingerprint density at radius 1 is 0.674 bits per heavy atom. The summed E-state index contributed by atoms with van der Waals surface area (Å²) in [5, 5.41) is 19.2. The van der Waals surface area contributed by atoms with E-state index in [1.54, 1.807) is 36.0 Å². The van der Waals surface area contributed by atoms with E-state index >= 15 is 0 Å². The van der Waals surface area contributed by atoms with Crippen molar-refractivity contribution in [2.45, 2.75) is 0 Å². The lowest BCUT2D eigenvalue weighted by Gasteiger charge is -2.17. The molecule has 5 aromatic heterocycles. The average Bonchev–Trinajstić information content (AvgIpc) is 3.74. The second kappa shape index (κ2) is 12.1. The second-order valence-electron chi connectivity index (χ2n) is 10.1. The minimum atomic E-state index is -1.15. The summed E-state index contributed by atoms with van der Waals surface area (Å²) < 4.78 is 17.5. The average molecular weight is 650 g/mol. The lowest BCUT2D eigenvalue weighted by atomic mass is 10.1. The number of fused-ring (bicyclic) bond motifs is 1. The van der Waals surface area contributed by atoms with Gasteiger partial charge in [-0.15, -0.1) is 22.7 Å². The van der Waals surface area contributed by atoms with Gasteiger partial charge in [-0.2, -0.15) is 0 Å². The minimum Gasteiger partial charge on any atom is -0.497 e. The van der Waals surface area contributed by atoms with Gasteiger partial charge in [-0.25, -0.2) is 14.6 Å². The van der Waals surface area contributed by atoms with Crippen LogP contribution in [-0.4, -0.2) is 57.4 Å². The Bertz CT molecular complexity index is 2120. The maximum Gasteiger partial charge on any atom is 0.335 e. The first-order valence-electron chi connectivity index (χ1n) is 14.0. The number of hydrogen-bond acceptors (Lipinski definition) is 10. The molecule has 0 radical (unpaired) electrons. The summed E-state index contributed by atoms with van der Waals surface area (Å²) in [6.45, 7) is 0.937. The molecule has 0 saturated carbocycles. The number of carboxylic acids is 2. The number of nitrogens with zero attached hydrogens (tertiary/aromatic N) is 3. The van der Waals surface area contributed by atoms with E-state index in [-0.39, 0.29) is 22.5 Å². The second-order valence-corrected chi connectivity index (χ2v) is 12.2. The summed E-state index contributed by atoms with van der Waals surface area (Å²) in [6.07, 6.45) is 3.00. The maximum atomic E-state index is 12.0. The highest BCUT2D eigenvalue weighted by atomic mass is 32.1. The Balaban J connectivity index is 1.25. The van der Waals surface area contributed by atoms with E-state index in [1.807, 2.05) is 48.5 Å². The quantitative estimate of drug-likeness (QED) is 0.170. The molecule has 12 heteroatoms. The molecule has 0 bridgehead atoms. The van der Waals surface area contributed by atoms with Gasteiger partial charge in [0.25, 0.3) is 0 Å². The van der Waals surface area contributed by atoms with Crippen molar-refractivity contribution in [3.05, 3.63) is 96.3 Å². The van der Waals surface area contributed by atoms with Gasteiger partial charge in [0.05, 0.1) is 50.8 Å². The fourth-order valence-electron chi connectivity index (χ4n) is 5.00. The van der Waals surface area contributed by atoms with Gasteiger partial charge in [0.15, 0.2) is 11.5 Å². The normalized spacial score (nSPS) is 12.1. The topological polar surface area (TPSA) is 141 Å². The molecule has 1 aromatic carbocycles. The zero-order valence-corrected chi connectivity index (χ0v) is 25.7. The molecule has 0 amide bonds. The van der Waals surface area contributed by atoms with Crippen molar-refractivity contribution in [2.75, 3.05) is 20.3 Å². The van der Waals surface area contributed by atoms with E-state index in [1.165, 1.54) is 30.5 Å². The van der Waals surface area contributed by atoms with Gasteiger partial charge < -0.3 is 24.4 Å². The number of pyridine rings is 3. The maximum absolute atomic E-state index is 12.0. The minimum absolute atomic E-state index is 0.0165. The third kappa shape index (κ3) is 5.55. The fraction of sp³-hybridized carbons (Fsp3) is 0.0882. The lowest BCUT2D eigenvalue weighted by Crippen LogP contribution is -2.14. The molecule has 1 aliphatic heterocycles. The first-order valence-corrected chi connectivity index (χ1v) is 15.6. The largest absolute Gasteiger partial charge is 0.497 e. The Morgan fingerprint density at radius 3 is 1.96 bits per heavy atom. The standard InChI is InChI=1S/C34H23N3O7S2/c1-42-22-4-2-18(3-5-22)31-29-30(44-13-12-43-29)32(46-31)28-7-6-27(45-28)19-8-10-35-23(14-19)25-16-21(34(40)41)17-26(37-25)24-15-20(33(38)39)9-11-36-24/h2-11,14-17H,12-13H2,1H3,(H,38,39)(H,40,41). The van der Waals surface area contributed by atoms with Crippen LogP contribution >= 0.6 is 22.7 Å². The third-order valence-electron chi connectivity index (χ3n) is 7.23. The van der Waals surface area contributed by atoms with Gasteiger partial charge in [-0.3, -0.25) is 9.97 Å². The van der Waals surface area contributed by atoms with Gasteiger partial charge >= 0.3 is 11.9 Å². The van der Waals surface area contributed by atoms with Crippen LogP contribution in [0.25, 0.3) is 53.4 Å². The van der Waals surface area contributed by atoms with Crippen molar-refractivity contribution >= 4 is 34.6 Å². The number of carbonyl (C=O) groups is 2. The molecule has 46 heavy (non-hydrogen) atoms. The highest BCUT2D eigenvalue weighted by Gasteiger charge is 2.27. The number of thiophene rings is 2. The molecule has 10 nitrogen and oxygen atoms in total. The van der Waals surface area contributed by atoms with Crippen molar-refractivity contribution in [1.29, 1.82) is 0 Å². The number of carboxylic acid groups (broad SMARTS) is 2.